The van der Waals surface area contributed by atoms with Crippen molar-refractivity contribution in [2.75, 3.05) is 4.90 Å². The molecule has 0 unspecified atom stereocenters. The number of anilines is 3. The van der Waals surface area contributed by atoms with Crippen molar-refractivity contribution in [1.82, 2.24) is 0 Å². The molecule has 2 heterocycles. The number of nitrogens with zero attached hydrogens (tertiary/aromatic N) is 1. The summed E-state index contributed by atoms with van der Waals surface area (Å²) in [7, 11) is 0. The van der Waals surface area contributed by atoms with Gasteiger partial charge in [-0.3, -0.25) is 0 Å². The molecule has 0 spiro atoms. The molecule has 0 bridgehead atoms. The number of hydrogen-bond acceptors (Lipinski definition) is 3. The zero-order valence-electron chi connectivity index (χ0n) is 44.6. The largest absolute Gasteiger partial charge is 0.456 e. The van der Waals surface area contributed by atoms with Gasteiger partial charge in [0, 0.05) is 60.3 Å². The molecule has 0 N–H and O–H groups in total. The Balaban J connectivity index is 0.884. The van der Waals surface area contributed by atoms with Crippen molar-refractivity contribution in [3.63, 3.8) is 0 Å². The van der Waals surface area contributed by atoms with E-state index in [0.717, 1.165) is 55.9 Å². The van der Waals surface area contributed by atoms with E-state index in [0.29, 0.717) is 0 Å². The van der Waals surface area contributed by atoms with Gasteiger partial charge in [-0.1, -0.05) is 199 Å². The Morgan fingerprint density at radius 2 is 0.782 bits per heavy atom. The zero-order valence-corrected chi connectivity index (χ0v) is 44.6. The SMILES string of the molecule is CC1(C)c2cc(N(c3ccc4c(c3)C(C)(C)c3cc(-c5ccccc5-c5ccccc5)c5oc6ccccc6c5c3-4)c3ccccc3-c3ccccc3)ccc2-c2cc3c(cc21)-c1c(ccc2oc4ccccc4c12)C3(C)C. The molecule has 3 heteroatoms. The number of furan rings is 2. The summed E-state index contributed by atoms with van der Waals surface area (Å²) in [6.45, 7) is 14.5. The average molecular weight is 1000 g/mol. The highest BCUT2D eigenvalue weighted by molar-refractivity contribution is 6.20. The van der Waals surface area contributed by atoms with Crippen LogP contribution in [-0.4, -0.2) is 0 Å². The second-order valence-corrected chi connectivity index (χ2v) is 23.5. The summed E-state index contributed by atoms with van der Waals surface area (Å²) in [5, 5.41) is 4.70. The van der Waals surface area contributed by atoms with Crippen molar-refractivity contribution >= 4 is 60.9 Å². The molecule has 0 amide bonds. The van der Waals surface area contributed by atoms with E-state index in [1.54, 1.807) is 0 Å². The van der Waals surface area contributed by atoms with Crippen LogP contribution in [0.3, 0.4) is 0 Å². The molecular weight excluding hydrogens is 947 g/mol. The summed E-state index contributed by atoms with van der Waals surface area (Å²) >= 11 is 0. The molecule has 3 aliphatic carbocycles. The molecule has 0 saturated heterocycles. The lowest BCUT2D eigenvalue weighted by Crippen LogP contribution is -2.18. The highest BCUT2D eigenvalue weighted by Gasteiger charge is 2.44. The van der Waals surface area contributed by atoms with E-state index >= 15 is 0 Å². The molecule has 3 aliphatic rings. The van der Waals surface area contributed by atoms with Crippen molar-refractivity contribution in [2.24, 2.45) is 0 Å². The summed E-state index contributed by atoms with van der Waals surface area (Å²) in [6.07, 6.45) is 0. The van der Waals surface area contributed by atoms with E-state index in [9.17, 15) is 0 Å². The van der Waals surface area contributed by atoms with Crippen LogP contribution in [0.1, 0.15) is 74.9 Å². The van der Waals surface area contributed by atoms with Gasteiger partial charge in [0.2, 0.25) is 0 Å². The third kappa shape index (κ3) is 6.10. The van der Waals surface area contributed by atoms with Crippen LogP contribution in [0.4, 0.5) is 17.1 Å². The first-order chi connectivity index (χ1) is 38.0. The monoisotopic (exact) mass is 1000 g/mol. The molecule has 13 aromatic rings. The first-order valence-corrected chi connectivity index (χ1v) is 27.5. The number of fused-ring (bicyclic) bond motifs is 17. The predicted octanol–water partition coefficient (Wildman–Crippen LogP) is 20.9. The quantitative estimate of drug-likeness (QED) is 0.166. The van der Waals surface area contributed by atoms with Crippen LogP contribution in [0.5, 0.6) is 0 Å². The molecule has 0 atom stereocenters. The van der Waals surface area contributed by atoms with Crippen LogP contribution >= 0.6 is 0 Å². The van der Waals surface area contributed by atoms with Gasteiger partial charge in [0.1, 0.15) is 22.3 Å². The summed E-state index contributed by atoms with van der Waals surface area (Å²) in [5.41, 5.74) is 29.0. The van der Waals surface area contributed by atoms with Crippen molar-refractivity contribution < 1.29 is 8.83 Å². The van der Waals surface area contributed by atoms with E-state index < -0.39 is 0 Å². The molecule has 3 nitrogen and oxygen atoms in total. The first kappa shape index (κ1) is 45.1. The fourth-order valence-electron chi connectivity index (χ4n) is 14.4. The van der Waals surface area contributed by atoms with Gasteiger partial charge in [0.15, 0.2) is 0 Å². The van der Waals surface area contributed by atoms with E-state index in [1.807, 2.05) is 0 Å². The first-order valence-electron chi connectivity index (χ1n) is 27.5. The second kappa shape index (κ2) is 15.9. The number of rotatable bonds is 6. The maximum absolute atomic E-state index is 7.01. The minimum Gasteiger partial charge on any atom is -0.456 e. The van der Waals surface area contributed by atoms with E-state index in [-0.39, 0.29) is 16.2 Å². The molecule has 2 aromatic heterocycles. The molecule has 0 saturated carbocycles. The lowest BCUT2D eigenvalue weighted by Gasteiger charge is -2.31. The van der Waals surface area contributed by atoms with Crippen molar-refractivity contribution in [2.45, 2.75) is 57.8 Å². The fraction of sp³-hybridized carbons (Fsp3) is 0.120. The van der Waals surface area contributed by atoms with Gasteiger partial charge in [-0.05, 0) is 156 Å². The highest BCUT2D eigenvalue weighted by atomic mass is 16.3. The van der Waals surface area contributed by atoms with Crippen molar-refractivity contribution in [1.29, 1.82) is 0 Å². The van der Waals surface area contributed by atoms with Crippen LogP contribution in [0.15, 0.2) is 233 Å². The normalized spacial score (nSPS) is 14.8. The van der Waals surface area contributed by atoms with Crippen LogP contribution in [-0.2, 0) is 16.2 Å². The molecule has 372 valence electrons. The molecule has 11 aromatic carbocycles. The van der Waals surface area contributed by atoms with Gasteiger partial charge in [-0.2, -0.15) is 0 Å². The summed E-state index contributed by atoms with van der Waals surface area (Å²) < 4.78 is 13.5. The van der Waals surface area contributed by atoms with Gasteiger partial charge < -0.3 is 13.7 Å². The van der Waals surface area contributed by atoms with E-state index in [4.69, 9.17) is 8.83 Å². The van der Waals surface area contributed by atoms with Gasteiger partial charge in [0.25, 0.3) is 0 Å². The van der Waals surface area contributed by atoms with Crippen LogP contribution in [0.25, 0.3) is 111 Å². The third-order valence-electron chi connectivity index (χ3n) is 18.3. The number of hydrogen-bond donors (Lipinski definition) is 0. The van der Waals surface area contributed by atoms with Crippen LogP contribution in [0.2, 0.25) is 0 Å². The van der Waals surface area contributed by atoms with Crippen molar-refractivity contribution in [3.8, 4) is 66.8 Å². The van der Waals surface area contributed by atoms with Gasteiger partial charge in [-0.15, -0.1) is 0 Å². The lowest BCUT2D eigenvalue weighted by atomic mass is 9.79. The smallest absolute Gasteiger partial charge is 0.143 e. The Hall–Kier alpha value is -9.18. The lowest BCUT2D eigenvalue weighted by molar-refractivity contribution is 0.651. The Labute approximate surface area is 454 Å². The molecule has 0 aliphatic heterocycles. The second-order valence-electron chi connectivity index (χ2n) is 23.5. The fourth-order valence-corrected chi connectivity index (χ4v) is 14.4. The molecule has 0 radical (unpaired) electrons. The molecule has 0 fully saturated rings. The molecular formula is C75H55NO2. The van der Waals surface area contributed by atoms with Crippen LogP contribution in [0, 0.1) is 0 Å². The van der Waals surface area contributed by atoms with Gasteiger partial charge >= 0.3 is 0 Å². The van der Waals surface area contributed by atoms with E-state index in [2.05, 4.69) is 271 Å². The summed E-state index contributed by atoms with van der Waals surface area (Å²) in [5.74, 6) is 0. The zero-order chi connectivity index (χ0) is 52.4. The predicted molar refractivity (Wildman–Crippen MR) is 325 cm³/mol. The van der Waals surface area contributed by atoms with Gasteiger partial charge in [-0.25, -0.2) is 0 Å². The minimum atomic E-state index is -0.364. The Kier molecular flexibility index (Phi) is 9.21. The maximum atomic E-state index is 7.01. The maximum Gasteiger partial charge on any atom is 0.143 e. The Bertz CT molecular complexity index is 4700. The average Bonchev–Trinajstić information content (AvgIpc) is 4.41. The molecule has 16 rings (SSSR count). The minimum absolute atomic E-state index is 0.192. The third-order valence-corrected chi connectivity index (χ3v) is 18.3. The number of para-hydroxylation sites is 3. The molecule has 78 heavy (non-hydrogen) atoms. The van der Waals surface area contributed by atoms with Crippen molar-refractivity contribution in [3.05, 3.63) is 258 Å². The Morgan fingerprint density at radius 1 is 0.295 bits per heavy atom. The standard InChI is InChI=1S/C75H55NO2/c1-73(2)58-37-38-67-70(53-28-16-19-31-65(53)77-67)69(58)57-43-61-55(41-62(57)73)51-35-33-46(39-59(51)74(61,3)4)76(64-30-18-15-26-49(64)45-23-11-8-12-24-45)47-34-36-52-60(40-47)75(5,6)63-42-56(50-27-14-13-25-48(50)44-21-9-7-10-22-44)72-71(68(52)63)54-29-17-20-32-66(54)78-72/h7-43H,1-6H3. The summed E-state index contributed by atoms with van der Waals surface area (Å²) in [6, 6.07) is 82.9. The highest BCUT2D eigenvalue weighted by Crippen LogP contribution is 2.61. The summed E-state index contributed by atoms with van der Waals surface area (Å²) in [4.78, 5) is 2.52. The van der Waals surface area contributed by atoms with E-state index in [1.165, 1.54) is 105 Å². The number of benzene rings is 11. The topological polar surface area (TPSA) is 29.5 Å². The van der Waals surface area contributed by atoms with Gasteiger partial charge in [0.05, 0.1) is 5.69 Å². The van der Waals surface area contributed by atoms with Crippen LogP contribution < -0.4 is 4.90 Å². The Morgan fingerprint density at radius 3 is 1.50 bits per heavy atom.